The molecule has 2 fully saturated rings. The molecule has 0 aromatic carbocycles. The van der Waals surface area contributed by atoms with Gasteiger partial charge in [-0.25, -0.2) is 0 Å². The van der Waals surface area contributed by atoms with Gasteiger partial charge in [-0.2, -0.15) is 0 Å². The number of likely N-dealkylation sites (N-methyl/N-ethyl adjacent to an activating group) is 1. The predicted molar refractivity (Wildman–Crippen MR) is 73.1 cm³/mol. The Balaban J connectivity index is 2.10. The van der Waals surface area contributed by atoms with Gasteiger partial charge < -0.3 is 15.5 Å². The number of carbonyl (C=O) groups excluding carboxylic acids is 1. The molecule has 2 aliphatic rings. The lowest BCUT2D eigenvalue weighted by Crippen LogP contribution is -2.57. The number of nitrogens with two attached hydrogens (primary N) is 1. The van der Waals surface area contributed by atoms with Crippen molar-refractivity contribution in [2.75, 3.05) is 33.2 Å². The van der Waals surface area contributed by atoms with Gasteiger partial charge in [-0.05, 0) is 17.9 Å². The Hall–Kier alpha value is -0.610. The maximum atomic E-state index is 12.7. The van der Waals surface area contributed by atoms with Crippen LogP contribution >= 0.6 is 0 Å². The molecule has 1 aliphatic carbocycles. The third-order valence-electron chi connectivity index (χ3n) is 5.51. The zero-order valence-corrected chi connectivity index (χ0v) is 12.4. The maximum Gasteiger partial charge on any atom is 0.227 e. The molecule has 0 radical (unpaired) electrons. The summed E-state index contributed by atoms with van der Waals surface area (Å²) in [6, 6.07) is 0.184. The number of nitrogens with zero attached hydrogens (tertiary/aromatic N) is 2. The number of carbonyl (C=O) groups is 1. The van der Waals surface area contributed by atoms with E-state index < -0.39 is 0 Å². The SMILES string of the molecule is CN1CCN(C(=O)C2C(C)(C)C2(C)C)C(CN)C1. The average Bonchev–Trinajstić information content (AvgIpc) is 2.68. The van der Waals surface area contributed by atoms with Gasteiger partial charge in [0.1, 0.15) is 0 Å². The summed E-state index contributed by atoms with van der Waals surface area (Å²) in [5.74, 6) is 0.469. The predicted octanol–water partition coefficient (Wildman–Crippen LogP) is 0.770. The summed E-state index contributed by atoms with van der Waals surface area (Å²) < 4.78 is 0. The van der Waals surface area contributed by atoms with Crippen molar-refractivity contribution < 1.29 is 4.79 Å². The molecule has 1 heterocycles. The molecule has 1 saturated carbocycles. The van der Waals surface area contributed by atoms with Gasteiger partial charge in [0, 0.05) is 32.1 Å². The van der Waals surface area contributed by atoms with Crippen molar-refractivity contribution in [3.63, 3.8) is 0 Å². The first-order chi connectivity index (χ1) is 8.23. The van der Waals surface area contributed by atoms with E-state index in [0.717, 1.165) is 19.6 Å². The fraction of sp³-hybridized carbons (Fsp3) is 0.929. The highest BCUT2D eigenvalue weighted by Crippen LogP contribution is 2.68. The first-order valence-corrected chi connectivity index (χ1v) is 6.92. The first-order valence-electron chi connectivity index (χ1n) is 6.92. The molecule has 0 bridgehead atoms. The molecule has 0 aromatic heterocycles. The molecule has 2 N–H and O–H groups in total. The Morgan fingerprint density at radius 2 is 1.78 bits per heavy atom. The van der Waals surface area contributed by atoms with Crippen LogP contribution in [0.1, 0.15) is 27.7 Å². The van der Waals surface area contributed by atoms with E-state index in [1.54, 1.807) is 0 Å². The monoisotopic (exact) mass is 253 g/mol. The Labute approximate surface area is 110 Å². The number of piperazine rings is 1. The van der Waals surface area contributed by atoms with Gasteiger partial charge in [-0.3, -0.25) is 4.79 Å². The van der Waals surface area contributed by atoms with Crippen molar-refractivity contribution in [3.05, 3.63) is 0 Å². The molecule has 1 saturated heterocycles. The zero-order valence-electron chi connectivity index (χ0n) is 12.4. The average molecular weight is 253 g/mol. The fourth-order valence-electron chi connectivity index (χ4n) is 3.48. The minimum Gasteiger partial charge on any atom is -0.336 e. The lowest BCUT2D eigenvalue weighted by molar-refractivity contribution is -0.138. The van der Waals surface area contributed by atoms with Gasteiger partial charge in [-0.1, -0.05) is 27.7 Å². The van der Waals surface area contributed by atoms with Gasteiger partial charge in [0.05, 0.1) is 6.04 Å². The van der Waals surface area contributed by atoms with Crippen LogP contribution in [0.25, 0.3) is 0 Å². The molecule has 0 spiro atoms. The Kier molecular flexibility index (Phi) is 3.23. The van der Waals surface area contributed by atoms with E-state index in [-0.39, 0.29) is 22.8 Å². The molecule has 2 rings (SSSR count). The molecule has 1 unspecified atom stereocenters. The molecule has 1 atom stereocenters. The van der Waals surface area contributed by atoms with E-state index in [0.29, 0.717) is 12.5 Å². The Bertz CT molecular complexity index is 337. The van der Waals surface area contributed by atoms with Crippen molar-refractivity contribution in [2.45, 2.75) is 33.7 Å². The van der Waals surface area contributed by atoms with Crippen molar-refractivity contribution in [1.82, 2.24) is 9.80 Å². The lowest BCUT2D eigenvalue weighted by Gasteiger charge is -2.40. The molecule has 1 amide bonds. The van der Waals surface area contributed by atoms with Gasteiger partial charge >= 0.3 is 0 Å². The van der Waals surface area contributed by atoms with Gasteiger partial charge in [0.2, 0.25) is 5.91 Å². The summed E-state index contributed by atoms with van der Waals surface area (Å²) in [4.78, 5) is 17.0. The van der Waals surface area contributed by atoms with Crippen LogP contribution < -0.4 is 5.73 Å². The van der Waals surface area contributed by atoms with Gasteiger partial charge in [0.25, 0.3) is 0 Å². The zero-order chi connectivity index (χ0) is 13.7. The number of amides is 1. The minimum atomic E-state index is 0.118. The Morgan fingerprint density at radius 3 is 2.22 bits per heavy atom. The van der Waals surface area contributed by atoms with Crippen LogP contribution in [-0.2, 0) is 4.79 Å². The van der Waals surface area contributed by atoms with Crippen LogP contribution in [0.5, 0.6) is 0 Å². The van der Waals surface area contributed by atoms with Gasteiger partial charge in [-0.15, -0.1) is 0 Å². The first kappa shape index (κ1) is 13.8. The number of hydrogen-bond acceptors (Lipinski definition) is 3. The molecule has 4 nitrogen and oxygen atoms in total. The molecule has 18 heavy (non-hydrogen) atoms. The number of hydrogen-bond donors (Lipinski definition) is 1. The van der Waals surface area contributed by atoms with Crippen LogP contribution in [0, 0.1) is 16.7 Å². The second kappa shape index (κ2) is 4.20. The second-order valence-corrected chi connectivity index (χ2v) is 7.06. The highest BCUT2D eigenvalue weighted by atomic mass is 16.2. The van der Waals surface area contributed by atoms with E-state index in [1.807, 2.05) is 4.90 Å². The topological polar surface area (TPSA) is 49.6 Å². The summed E-state index contributed by atoms with van der Waals surface area (Å²) in [5.41, 5.74) is 6.06. The maximum absolute atomic E-state index is 12.7. The van der Waals surface area contributed by atoms with Gasteiger partial charge in [0.15, 0.2) is 0 Å². The molecule has 0 aromatic rings. The Morgan fingerprint density at radius 1 is 1.22 bits per heavy atom. The van der Waals surface area contributed by atoms with E-state index >= 15 is 0 Å². The largest absolute Gasteiger partial charge is 0.336 e. The summed E-state index contributed by atoms with van der Waals surface area (Å²) in [7, 11) is 2.09. The summed E-state index contributed by atoms with van der Waals surface area (Å²) in [5, 5.41) is 0. The van der Waals surface area contributed by atoms with Crippen LogP contribution in [0.3, 0.4) is 0 Å². The molecule has 1 aliphatic heterocycles. The van der Waals surface area contributed by atoms with Crippen molar-refractivity contribution in [2.24, 2.45) is 22.5 Å². The highest BCUT2D eigenvalue weighted by Gasteiger charge is 2.69. The van der Waals surface area contributed by atoms with Crippen LogP contribution in [0.2, 0.25) is 0 Å². The molecule has 4 heteroatoms. The third kappa shape index (κ3) is 1.86. The lowest BCUT2D eigenvalue weighted by atomic mass is 10.0. The molecular formula is C14H27N3O. The second-order valence-electron chi connectivity index (χ2n) is 7.06. The van der Waals surface area contributed by atoms with Crippen molar-refractivity contribution in [1.29, 1.82) is 0 Å². The summed E-state index contributed by atoms with van der Waals surface area (Å²) in [6.07, 6.45) is 0. The van der Waals surface area contributed by atoms with Crippen LogP contribution in [0.15, 0.2) is 0 Å². The molecule has 104 valence electrons. The van der Waals surface area contributed by atoms with E-state index in [1.165, 1.54) is 0 Å². The fourth-order valence-corrected chi connectivity index (χ4v) is 3.48. The van der Waals surface area contributed by atoms with Crippen LogP contribution in [-0.4, -0.2) is 55.0 Å². The van der Waals surface area contributed by atoms with Crippen LogP contribution in [0.4, 0.5) is 0 Å². The van der Waals surface area contributed by atoms with Crippen molar-refractivity contribution >= 4 is 5.91 Å². The van der Waals surface area contributed by atoms with E-state index in [9.17, 15) is 4.79 Å². The standard InChI is InChI=1S/C14H27N3O/c1-13(2)11(14(13,3)4)12(18)17-7-6-16(5)9-10(17)8-15/h10-11H,6-9,15H2,1-5H3. The highest BCUT2D eigenvalue weighted by molar-refractivity contribution is 5.84. The molecular weight excluding hydrogens is 226 g/mol. The van der Waals surface area contributed by atoms with E-state index in [2.05, 4.69) is 39.6 Å². The third-order valence-corrected chi connectivity index (χ3v) is 5.51. The minimum absolute atomic E-state index is 0.118. The quantitative estimate of drug-likeness (QED) is 0.791. The smallest absolute Gasteiger partial charge is 0.227 e. The van der Waals surface area contributed by atoms with E-state index in [4.69, 9.17) is 5.73 Å². The summed E-state index contributed by atoms with van der Waals surface area (Å²) in [6.45, 7) is 12.0. The number of rotatable bonds is 2. The summed E-state index contributed by atoms with van der Waals surface area (Å²) >= 11 is 0. The normalized spacial score (nSPS) is 31.4. The van der Waals surface area contributed by atoms with Crippen molar-refractivity contribution in [3.8, 4) is 0 Å².